The lowest BCUT2D eigenvalue weighted by Gasteiger charge is -2.20. The van der Waals surface area contributed by atoms with Crippen LogP contribution in [0.15, 0.2) is 46.9 Å². The molecule has 0 saturated heterocycles. The van der Waals surface area contributed by atoms with E-state index < -0.39 is 0 Å². The number of nitrogens with two attached hydrogens (primary N) is 1. The zero-order valence-electron chi connectivity index (χ0n) is 10.7. The topological polar surface area (TPSA) is 35.2 Å². The largest absolute Gasteiger partial charge is 0.486 e. The van der Waals surface area contributed by atoms with Gasteiger partial charge in [-0.05, 0) is 59.5 Å². The third kappa shape index (κ3) is 4.17. The SMILES string of the molecule is NCCC(Oc1cccc(I)c1)c1ccc(F)cc1Br. The van der Waals surface area contributed by atoms with Gasteiger partial charge in [0.1, 0.15) is 17.7 Å². The molecule has 5 heteroatoms. The summed E-state index contributed by atoms with van der Waals surface area (Å²) in [6.45, 7) is 0.498. The van der Waals surface area contributed by atoms with Crippen molar-refractivity contribution in [3.63, 3.8) is 0 Å². The lowest BCUT2D eigenvalue weighted by Crippen LogP contribution is -2.14. The van der Waals surface area contributed by atoms with Crippen molar-refractivity contribution >= 4 is 38.5 Å². The predicted molar refractivity (Wildman–Crippen MR) is 90.3 cm³/mol. The smallest absolute Gasteiger partial charge is 0.126 e. The van der Waals surface area contributed by atoms with Crippen molar-refractivity contribution in [1.29, 1.82) is 0 Å². The zero-order chi connectivity index (χ0) is 14.5. The van der Waals surface area contributed by atoms with Crippen LogP contribution in [0.3, 0.4) is 0 Å². The molecule has 2 aromatic rings. The number of hydrogen-bond acceptors (Lipinski definition) is 2. The van der Waals surface area contributed by atoms with E-state index in [4.69, 9.17) is 10.5 Å². The molecule has 0 aromatic heterocycles. The van der Waals surface area contributed by atoms with Crippen molar-refractivity contribution in [2.24, 2.45) is 5.73 Å². The van der Waals surface area contributed by atoms with Crippen LogP contribution < -0.4 is 10.5 Å². The average molecular weight is 450 g/mol. The standard InChI is InChI=1S/C15H14BrFINO/c16-14-8-10(17)4-5-13(14)15(6-7-19)20-12-3-1-2-11(18)9-12/h1-5,8-9,15H,6-7,19H2. The molecule has 0 heterocycles. The minimum atomic E-state index is -0.276. The van der Waals surface area contributed by atoms with Crippen LogP contribution in [-0.4, -0.2) is 6.54 Å². The van der Waals surface area contributed by atoms with Gasteiger partial charge in [0.25, 0.3) is 0 Å². The molecule has 0 aliphatic rings. The van der Waals surface area contributed by atoms with Gasteiger partial charge in [-0.2, -0.15) is 0 Å². The summed E-state index contributed by atoms with van der Waals surface area (Å²) in [7, 11) is 0. The van der Waals surface area contributed by atoms with Crippen LogP contribution in [0.2, 0.25) is 0 Å². The highest BCUT2D eigenvalue weighted by Crippen LogP contribution is 2.31. The number of ether oxygens (including phenoxy) is 1. The Bertz CT molecular complexity index is 594. The summed E-state index contributed by atoms with van der Waals surface area (Å²) in [6, 6.07) is 12.4. The highest BCUT2D eigenvalue weighted by molar-refractivity contribution is 14.1. The van der Waals surface area contributed by atoms with Crippen LogP contribution in [0, 0.1) is 9.39 Å². The normalized spacial score (nSPS) is 12.2. The van der Waals surface area contributed by atoms with Crippen LogP contribution in [0.5, 0.6) is 5.75 Å². The van der Waals surface area contributed by atoms with Gasteiger partial charge in [0.05, 0.1) is 0 Å². The quantitative estimate of drug-likeness (QED) is 0.673. The fraction of sp³-hybridized carbons (Fsp3) is 0.200. The van der Waals surface area contributed by atoms with Crippen molar-refractivity contribution < 1.29 is 9.13 Å². The highest BCUT2D eigenvalue weighted by Gasteiger charge is 2.16. The van der Waals surface area contributed by atoms with E-state index >= 15 is 0 Å². The first kappa shape index (κ1) is 15.7. The van der Waals surface area contributed by atoms with Gasteiger partial charge in [0.15, 0.2) is 0 Å². The molecule has 1 atom stereocenters. The Morgan fingerprint density at radius 1 is 1.25 bits per heavy atom. The van der Waals surface area contributed by atoms with Gasteiger partial charge in [-0.3, -0.25) is 0 Å². The zero-order valence-corrected chi connectivity index (χ0v) is 14.4. The Balaban J connectivity index is 2.26. The molecule has 2 rings (SSSR count). The fourth-order valence-corrected chi connectivity index (χ4v) is 3.02. The summed E-state index contributed by atoms with van der Waals surface area (Å²) in [5.41, 5.74) is 6.56. The van der Waals surface area contributed by atoms with Crippen LogP contribution in [-0.2, 0) is 0 Å². The first-order valence-electron chi connectivity index (χ1n) is 6.17. The highest BCUT2D eigenvalue weighted by atomic mass is 127. The number of benzene rings is 2. The van der Waals surface area contributed by atoms with Crippen molar-refractivity contribution in [1.82, 2.24) is 0 Å². The van der Waals surface area contributed by atoms with Crippen molar-refractivity contribution in [2.45, 2.75) is 12.5 Å². The number of halogens is 3. The van der Waals surface area contributed by atoms with Crippen molar-refractivity contribution in [3.05, 3.63) is 61.9 Å². The summed E-state index contributed by atoms with van der Waals surface area (Å²) in [6.07, 6.45) is 0.462. The molecule has 0 bridgehead atoms. The second kappa shape index (κ2) is 7.38. The maximum absolute atomic E-state index is 13.2. The lowest BCUT2D eigenvalue weighted by molar-refractivity contribution is 0.197. The van der Waals surface area contributed by atoms with E-state index in [1.807, 2.05) is 24.3 Å². The molecule has 20 heavy (non-hydrogen) atoms. The van der Waals surface area contributed by atoms with E-state index in [9.17, 15) is 4.39 Å². The monoisotopic (exact) mass is 449 g/mol. The van der Waals surface area contributed by atoms with E-state index in [-0.39, 0.29) is 11.9 Å². The Labute approximate surface area is 139 Å². The number of hydrogen-bond donors (Lipinski definition) is 1. The van der Waals surface area contributed by atoms with Crippen LogP contribution in [0.1, 0.15) is 18.1 Å². The average Bonchev–Trinajstić information content (AvgIpc) is 2.38. The maximum Gasteiger partial charge on any atom is 0.126 e. The van der Waals surface area contributed by atoms with Crippen LogP contribution in [0.4, 0.5) is 4.39 Å². The van der Waals surface area contributed by atoms with Gasteiger partial charge in [0, 0.05) is 20.0 Å². The molecule has 106 valence electrons. The lowest BCUT2D eigenvalue weighted by atomic mass is 10.1. The first-order valence-corrected chi connectivity index (χ1v) is 8.04. The summed E-state index contributed by atoms with van der Waals surface area (Å²) < 4.78 is 21.0. The molecule has 2 aromatic carbocycles. The summed E-state index contributed by atoms with van der Waals surface area (Å²) in [5, 5.41) is 0. The number of rotatable bonds is 5. The molecular formula is C15H14BrFINO. The molecule has 1 unspecified atom stereocenters. The van der Waals surface area contributed by atoms with E-state index in [1.165, 1.54) is 12.1 Å². The van der Waals surface area contributed by atoms with Gasteiger partial charge in [-0.15, -0.1) is 0 Å². The molecule has 0 aliphatic carbocycles. The second-order valence-corrected chi connectivity index (χ2v) is 6.41. The van der Waals surface area contributed by atoms with Crippen molar-refractivity contribution in [2.75, 3.05) is 6.54 Å². The molecule has 0 radical (unpaired) electrons. The maximum atomic E-state index is 13.2. The minimum absolute atomic E-state index is 0.201. The molecule has 0 aliphatic heterocycles. The van der Waals surface area contributed by atoms with Gasteiger partial charge in [-0.25, -0.2) is 4.39 Å². The Morgan fingerprint density at radius 3 is 2.70 bits per heavy atom. The summed E-state index contributed by atoms with van der Waals surface area (Å²) >= 11 is 5.62. The minimum Gasteiger partial charge on any atom is -0.486 e. The fourth-order valence-electron chi connectivity index (χ4n) is 1.90. The van der Waals surface area contributed by atoms with E-state index in [1.54, 1.807) is 6.07 Å². The Hall–Kier alpha value is -0.660. The molecular weight excluding hydrogens is 436 g/mol. The molecule has 0 saturated carbocycles. The molecule has 0 fully saturated rings. The van der Waals surface area contributed by atoms with Crippen molar-refractivity contribution in [3.8, 4) is 5.75 Å². The van der Waals surface area contributed by atoms with Crippen LogP contribution in [0.25, 0.3) is 0 Å². The Kier molecular flexibility index (Phi) is 5.80. The summed E-state index contributed by atoms with van der Waals surface area (Å²) in [5.74, 6) is 0.507. The summed E-state index contributed by atoms with van der Waals surface area (Å²) in [4.78, 5) is 0. The van der Waals surface area contributed by atoms with Gasteiger partial charge in [0.2, 0.25) is 0 Å². The molecule has 2 nitrogen and oxygen atoms in total. The predicted octanol–water partition coefficient (Wildman–Crippen LogP) is 4.66. The Morgan fingerprint density at radius 2 is 2.05 bits per heavy atom. The van der Waals surface area contributed by atoms with Gasteiger partial charge >= 0.3 is 0 Å². The van der Waals surface area contributed by atoms with E-state index in [0.29, 0.717) is 17.4 Å². The third-order valence-corrected chi connectivity index (χ3v) is 4.17. The van der Waals surface area contributed by atoms with Gasteiger partial charge in [-0.1, -0.05) is 28.1 Å². The van der Waals surface area contributed by atoms with Crippen LogP contribution >= 0.6 is 38.5 Å². The molecule has 2 N–H and O–H groups in total. The first-order chi connectivity index (χ1) is 9.60. The van der Waals surface area contributed by atoms with E-state index in [2.05, 4.69) is 38.5 Å². The molecule has 0 amide bonds. The molecule has 0 spiro atoms. The second-order valence-electron chi connectivity index (χ2n) is 4.31. The van der Waals surface area contributed by atoms with E-state index in [0.717, 1.165) is 14.9 Å². The third-order valence-electron chi connectivity index (χ3n) is 2.81. The van der Waals surface area contributed by atoms with Gasteiger partial charge < -0.3 is 10.5 Å².